The standard InChI is InChI=1S/C29H27ClN2O4S/c1-21-13-15-23(16-14-21)29(22-9-5-3-6-10-22)31-28(33)20-32(24-17-18-27(36-2)26(30)19-24)37(34,35)25-11-7-4-8-12-25/h3-19,29H,20H2,1-2H3,(H,31,33)/t29-/m1/s1. The van der Waals surface area contributed by atoms with Gasteiger partial charge in [0.1, 0.15) is 12.3 Å². The van der Waals surface area contributed by atoms with Gasteiger partial charge < -0.3 is 10.1 Å². The van der Waals surface area contributed by atoms with E-state index >= 15 is 0 Å². The van der Waals surface area contributed by atoms with E-state index in [9.17, 15) is 13.2 Å². The van der Waals surface area contributed by atoms with E-state index in [1.54, 1.807) is 30.3 Å². The maximum atomic E-state index is 13.7. The lowest BCUT2D eigenvalue weighted by Crippen LogP contribution is -2.42. The Bertz CT molecular complexity index is 1460. The van der Waals surface area contributed by atoms with Crippen LogP contribution in [0, 0.1) is 6.92 Å². The minimum Gasteiger partial charge on any atom is -0.495 e. The third kappa shape index (κ3) is 6.13. The third-order valence-electron chi connectivity index (χ3n) is 5.89. The molecule has 4 aromatic rings. The van der Waals surface area contributed by atoms with E-state index in [0.29, 0.717) is 5.75 Å². The summed E-state index contributed by atoms with van der Waals surface area (Å²) in [4.78, 5) is 13.5. The second kappa shape index (κ2) is 11.5. The van der Waals surface area contributed by atoms with Gasteiger partial charge in [0.15, 0.2) is 0 Å². The highest BCUT2D eigenvalue weighted by molar-refractivity contribution is 7.92. The molecule has 0 aliphatic carbocycles. The van der Waals surface area contributed by atoms with Crippen LogP contribution >= 0.6 is 11.6 Å². The van der Waals surface area contributed by atoms with E-state index in [0.717, 1.165) is 21.0 Å². The monoisotopic (exact) mass is 534 g/mol. The van der Waals surface area contributed by atoms with Crippen LogP contribution in [0.25, 0.3) is 0 Å². The molecule has 0 heterocycles. The Morgan fingerprint density at radius 1 is 0.892 bits per heavy atom. The maximum absolute atomic E-state index is 13.7. The van der Waals surface area contributed by atoms with Gasteiger partial charge in [-0.2, -0.15) is 0 Å². The van der Waals surface area contributed by atoms with Crippen molar-refractivity contribution in [2.45, 2.75) is 17.9 Å². The summed E-state index contributed by atoms with van der Waals surface area (Å²) in [6.45, 7) is 1.54. The maximum Gasteiger partial charge on any atom is 0.264 e. The van der Waals surface area contributed by atoms with E-state index in [1.807, 2.05) is 61.5 Å². The molecule has 1 amide bonds. The number of amides is 1. The predicted octanol–water partition coefficient (Wildman–Crippen LogP) is 5.76. The fourth-order valence-corrected chi connectivity index (χ4v) is 5.63. The molecule has 0 bridgehead atoms. The minimum atomic E-state index is -4.08. The van der Waals surface area contributed by atoms with E-state index in [4.69, 9.17) is 16.3 Å². The highest BCUT2D eigenvalue weighted by Gasteiger charge is 2.29. The summed E-state index contributed by atoms with van der Waals surface area (Å²) in [5.74, 6) is -0.0729. The number of carbonyl (C=O) groups excluding carboxylic acids is 1. The number of hydrogen-bond donors (Lipinski definition) is 1. The molecule has 1 atom stereocenters. The molecule has 0 radical (unpaired) electrons. The zero-order valence-corrected chi connectivity index (χ0v) is 22.0. The van der Waals surface area contributed by atoms with Crippen LogP contribution in [-0.4, -0.2) is 28.0 Å². The number of rotatable bonds is 9. The van der Waals surface area contributed by atoms with E-state index in [-0.39, 0.29) is 15.6 Å². The van der Waals surface area contributed by atoms with Crippen molar-refractivity contribution in [3.8, 4) is 5.75 Å². The molecule has 6 nitrogen and oxygen atoms in total. The van der Waals surface area contributed by atoms with Crippen LogP contribution < -0.4 is 14.4 Å². The summed E-state index contributed by atoms with van der Waals surface area (Å²) in [5.41, 5.74) is 3.11. The number of hydrogen-bond acceptors (Lipinski definition) is 4. The lowest BCUT2D eigenvalue weighted by molar-refractivity contribution is -0.120. The Kier molecular flexibility index (Phi) is 8.16. The van der Waals surface area contributed by atoms with Gasteiger partial charge in [-0.15, -0.1) is 0 Å². The molecule has 1 N–H and O–H groups in total. The van der Waals surface area contributed by atoms with E-state index < -0.39 is 28.5 Å². The molecule has 4 rings (SSSR count). The fourth-order valence-electron chi connectivity index (χ4n) is 3.95. The van der Waals surface area contributed by atoms with Gasteiger partial charge in [0.25, 0.3) is 10.0 Å². The lowest BCUT2D eigenvalue weighted by atomic mass is 9.98. The van der Waals surface area contributed by atoms with Gasteiger partial charge in [-0.3, -0.25) is 9.10 Å². The van der Waals surface area contributed by atoms with Gasteiger partial charge in [-0.05, 0) is 48.4 Å². The summed E-state index contributed by atoms with van der Waals surface area (Å²) in [6.07, 6.45) is 0. The average molecular weight is 535 g/mol. The quantitative estimate of drug-likeness (QED) is 0.296. The van der Waals surface area contributed by atoms with Gasteiger partial charge in [-0.1, -0.05) is 90.0 Å². The van der Waals surface area contributed by atoms with Crippen molar-refractivity contribution in [1.29, 1.82) is 0 Å². The summed E-state index contributed by atoms with van der Waals surface area (Å²) < 4.78 is 33.6. The topological polar surface area (TPSA) is 75.7 Å². The van der Waals surface area contributed by atoms with Gasteiger partial charge in [-0.25, -0.2) is 8.42 Å². The van der Waals surface area contributed by atoms with Gasteiger partial charge >= 0.3 is 0 Å². The molecular weight excluding hydrogens is 508 g/mol. The first kappa shape index (κ1) is 26.3. The first-order valence-corrected chi connectivity index (χ1v) is 13.4. The zero-order chi connectivity index (χ0) is 26.4. The molecule has 0 aliphatic heterocycles. The lowest BCUT2D eigenvalue weighted by Gasteiger charge is -2.26. The smallest absolute Gasteiger partial charge is 0.264 e. The Balaban J connectivity index is 1.70. The number of carbonyl (C=O) groups is 1. The van der Waals surface area contributed by atoms with Crippen LogP contribution in [0.4, 0.5) is 5.69 Å². The van der Waals surface area contributed by atoms with E-state index in [2.05, 4.69) is 5.32 Å². The molecule has 4 aromatic carbocycles. The second-order valence-corrected chi connectivity index (χ2v) is 10.7. The Hall–Kier alpha value is -3.81. The Morgan fingerprint density at radius 3 is 2.08 bits per heavy atom. The summed E-state index contributed by atoms with van der Waals surface area (Å²) in [6, 6.07) is 29.5. The van der Waals surface area contributed by atoms with Crippen LogP contribution in [0.2, 0.25) is 5.02 Å². The molecule has 8 heteroatoms. The van der Waals surface area contributed by atoms with Crippen molar-refractivity contribution in [2.24, 2.45) is 0 Å². The van der Waals surface area contributed by atoms with Crippen molar-refractivity contribution >= 4 is 33.2 Å². The fraction of sp³-hybridized carbons (Fsp3) is 0.138. The molecule has 0 aromatic heterocycles. The van der Waals surface area contributed by atoms with Crippen LogP contribution in [0.3, 0.4) is 0 Å². The largest absolute Gasteiger partial charge is 0.495 e. The second-order valence-electron chi connectivity index (χ2n) is 8.47. The van der Waals surface area contributed by atoms with Gasteiger partial charge in [0, 0.05) is 0 Å². The first-order valence-electron chi connectivity index (χ1n) is 11.6. The summed E-state index contributed by atoms with van der Waals surface area (Å²) >= 11 is 6.32. The number of aryl methyl sites for hydroxylation is 1. The zero-order valence-electron chi connectivity index (χ0n) is 20.5. The molecule has 0 saturated carbocycles. The van der Waals surface area contributed by atoms with Crippen molar-refractivity contribution in [2.75, 3.05) is 18.0 Å². The number of nitrogens with one attached hydrogen (secondary N) is 1. The summed E-state index contributed by atoms with van der Waals surface area (Å²) in [7, 11) is -2.61. The first-order chi connectivity index (χ1) is 17.8. The number of ether oxygens (including phenoxy) is 1. The average Bonchev–Trinajstić information content (AvgIpc) is 2.92. The molecule has 0 aliphatic rings. The van der Waals surface area contributed by atoms with Crippen molar-refractivity contribution in [3.63, 3.8) is 0 Å². The Morgan fingerprint density at radius 2 is 1.49 bits per heavy atom. The highest BCUT2D eigenvalue weighted by atomic mass is 35.5. The normalized spacial score (nSPS) is 12.0. The number of anilines is 1. The van der Waals surface area contributed by atoms with Crippen molar-refractivity contribution in [1.82, 2.24) is 5.32 Å². The number of nitrogens with zero attached hydrogens (tertiary/aromatic N) is 1. The molecule has 0 saturated heterocycles. The minimum absolute atomic E-state index is 0.0629. The molecule has 0 fully saturated rings. The molecule has 190 valence electrons. The van der Waals surface area contributed by atoms with Crippen LogP contribution in [0.1, 0.15) is 22.7 Å². The third-order valence-corrected chi connectivity index (χ3v) is 7.97. The van der Waals surface area contributed by atoms with E-state index in [1.165, 1.54) is 25.3 Å². The molecule has 0 spiro atoms. The predicted molar refractivity (Wildman–Crippen MR) is 147 cm³/mol. The van der Waals surface area contributed by atoms with Crippen molar-refractivity contribution in [3.05, 3.63) is 125 Å². The molecular formula is C29H27ClN2O4S. The van der Waals surface area contributed by atoms with Crippen LogP contribution in [-0.2, 0) is 14.8 Å². The van der Waals surface area contributed by atoms with Crippen LogP contribution in [0.5, 0.6) is 5.75 Å². The number of benzene rings is 4. The number of halogens is 1. The van der Waals surface area contributed by atoms with Gasteiger partial charge in [0.2, 0.25) is 5.91 Å². The summed E-state index contributed by atoms with van der Waals surface area (Å²) in [5, 5.41) is 3.26. The van der Waals surface area contributed by atoms with Crippen LogP contribution in [0.15, 0.2) is 108 Å². The molecule has 37 heavy (non-hydrogen) atoms. The highest BCUT2D eigenvalue weighted by Crippen LogP contribution is 2.32. The SMILES string of the molecule is COc1ccc(N(CC(=O)N[C@H](c2ccccc2)c2ccc(C)cc2)S(=O)(=O)c2ccccc2)cc1Cl. The van der Waals surface area contributed by atoms with Crippen molar-refractivity contribution < 1.29 is 17.9 Å². The Labute approximate surface area is 222 Å². The van der Waals surface area contributed by atoms with Gasteiger partial charge in [0.05, 0.1) is 28.8 Å². The number of sulfonamides is 1. The number of methoxy groups -OCH3 is 1. The molecule has 0 unspecified atom stereocenters.